The molecule has 2 saturated carbocycles. The van der Waals surface area contributed by atoms with E-state index < -0.39 is 0 Å². The zero-order valence-corrected chi connectivity index (χ0v) is 13.1. The van der Waals surface area contributed by atoms with Crippen molar-refractivity contribution < 1.29 is 5.11 Å². The lowest BCUT2D eigenvalue weighted by Gasteiger charge is -2.54. The third kappa shape index (κ3) is 1.72. The fourth-order valence-electron chi connectivity index (χ4n) is 5.77. The topological polar surface area (TPSA) is 46.2 Å². The maximum absolute atomic E-state index is 10.4. The molecule has 0 aromatic rings. The smallest absolute Gasteiger partial charge is 0.0596 e. The number of allylic oxidation sites excluding steroid dienone is 4. The van der Waals surface area contributed by atoms with Crippen LogP contribution >= 0.6 is 0 Å². The Labute approximate surface area is 127 Å². The molecule has 0 amide bonds. The molecule has 0 aromatic heterocycles. The van der Waals surface area contributed by atoms with Gasteiger partial charge < -0.3 is 10.8 Å². The molecule has 0 heterocycles. The second kappa shape index (κ2) is 4.33. The highest BCUT2D eigenvalue weighted by atomic mass is 16.3. The highest BCUT2D eigenvalue weighted by Crippen LogP contribution is 2.62. The van der Waals surface area contributed by atoms with Crippen LogP contribution in [0.1, 0.15) is 39.5 Å². The van der Waals surface area contributed by atoms with Crippen molar-refractivity contribution in [2.75, 3.05) is 0 Å². The second-order valence-electron chi connectivity index (χ2n) is 8.13. The Hall–Kier alpha value is -0.860. The first-order chi connectivity index (χ1) is 9.95. The molecule has 0 saturated heterocycles. The lowest BCUT2D eigenvalue weighted by atomic mass is 9.50. The van der Waals surface area contributed by atoms with Crippen LogP contribution in [0.5, 0.6) is 0 Å². The van der Waals surface area contributed by atoms with Crippen molar-refractivity contribution >= 4 is 0 Å². The molecule has 21 heavy (non-hydrogen) atoms. The van der Waals surface area contributed by atoms with E-state index in [1.54, 1.807) is 0 Å². The monoisotopic (exact) mass is 285 g/mol. The standard InChI is InChI=1S/C19H27NO/c1-18-9-7-13(20)11-12(18)3-4-14-15-5-6-17(21)19(15,2)10-8-16(14)18/h3-4,7,9,11,13-17,21H,5-6,8,10,20H2,1-2H3/t13-,14-,15-,16-,17-,18-,19-/m0/s1. The van der Waals surface area contributed by atoms with Crippen LogP contribution < -0.4 is 5.73 Å². The van der Waals surface area contributed by atoms with Crippen LogP contribution in [-0.2, 0) is 0 Å². The van der Waals surface area contributed by atoms with E-state index in [1.807, 2.05) is 0 Å². The van der Waals surface area contributed by atoms with E-state index >= 15 is 0 Å². The first-order valence-electron chi connectivity index (χ1n) is 8.49. The molecule has 2 nitrogen and oxygen atoms in total. The number of hydrogen-bond acceptors (Lipinski definition) is 2. The first-order valence-corrected chi connectivity index (χ1v) is 8.49. The van der Waals surface area contributed by atoms with E-state index in [0.717, 1.165) is 12.8 Å². The van der Waals surface area contributed by atoms with Crippen molar-refractivity contribution in [3.05, 3.63) is 36.0 Å². The Morgan fingerprint density at radius 3 is 2.76 bits per heavy atom. The van der Waals surface area contributed by atoms with Crippen LogP contribution in [0.3, 0.4) is 0 Å². The Balaban J connectivity index is 1.75. The van der Waals surface area contributed by atoms with E-state index in [9.17, 15) is 5.11 Å². The summed E-state index contributed by atoms with van der Waals surface area (Å²) in [6.45, 7) is 4.70. The van der Waals surface area contributed by atoms with Gasteiger partial charge in [0, 0.05) is 11.5 Å². The normalized spacial score (nSPS) is 54.7. The predicted molar refractivity (Wildman–Crippen MR) is 85.5 cm³/mol. The Bertz CT molecular complexity index is 548. The molecule has 114 valence electrons. The summed E-state index contributed by atoms with van der Waals surface area (Å²) in [6.07, 6.45) is 16.0. The maximum Gasteiger partial charge on any atom is 0.0596 e. The van der Waals surface area contributed by atoms with E-state index in [0.29, 0.717) is 17.8 Å². The molecular formula is C19H27NO. The van der Waals surface area contributed by atoms with E-state index in [-0.39, 0.29) is 23.0 Å². The van der Waals surface area contributed by atoms with Crippen LogP contribution in [0, 0.1) is 28.6 Å². The SMILES string of the molecule is C[C@]12CC[C@H]3[C@@H](C=CC4=C[C@@H](N)C=C[C@@]43C)[C@@H]1CC[C@@H]2O. The first kappa shape index (κ1) is 13.8. The van der Waals surface area contributed by atoms with Crippen molar-refractivity contribution in [1.29, 1.82) is 0 Å². The van der Waals surface area contributed by atoms with Crippen molar-refractivity contribution in [2.24, 2.45) is 34.3 Å². The number of aliphatic hydroxyl groups excluding tert-OH is 1. The molecule has 2 fully saturated rings. The summed E-state index contributed by atoms with van der Waals surface area (Å²) >= 11 is 0. The van der Waals surface area contributed by atoms with Crippen LogP contribution in [0.2, 0.25) is 0 Å². The molecule has 0 bridgehead atoms. The Morgan fingerprint density at radius 2 is 1.95 bits per heavy atom. The molecular weight excluding hydrogens is 258 g/mol. The highest BCUT2D eigenvalue weighted by Gasteiger charge is 2.57. The average molecular weight is 285 g/mol. The van der Waals surface area contributed by atoms with E-state index in [1.165, 1.54) is 18.4 Å². The summed E-state index contributed by atoms with van der Waals surface area (Å²) in [5.74, 6) is 1.92. The maximum atomic E-state index is 10.4. The van der Waals surface area contributed by atoms with Gasteiger partial charge in [0.1, 0.15) is 0 Å². The summed E-state index contributed by atoms with van der Waals surface area (Å²) < 4.78 is 0. The van der Waals surface area contributed by atoms with Crippen LogP contribution in [0.4, 0.5) is 0 Å². The number of rotatable bonds is 0. The van der Waals surface area contributed by atoms with Gasteiger partial charge in [-0.25, -0.2) is 0 Å². The molecule has 4 aliphatic carbocycles. The van der Waals surface area contributed by atoms with Gasteiger partial charge in [0.05, 0.1) is 6.10 Å². The van der Waals surface area contributed by atoms with Gasteiger partial charge >= 0.3 is 0 Å². The summed E-state index contributed by atoms with van der Waals surface area (Å²) in [5.41, 5.74) is 7.75. The lowest BCUT2D eigenvalue weighted by molar-refractivity contribution is -0.0376. The fourth-order valence-corrected chi connectivity index (χ4v) is 5.77. The second-order valence-corrected chi connectivity index (χ2v) is 8.13. The van der Waals surface area contributed by atoms with Gasteiger partial charge in [-0.05, 0) is 54.4 Å². The average Bonchev–Trinajstić information content (AvgIpc) is 2.76. The quantitative estimate of drug-likeness (QED) is 0.671. The number of hydrogen-bond donors (Lipinski definition) is 2. The minimum absolute atomic E-state index is 0.0661. The largest absolute Gasteiger partial charge is 0.393 e. The van der Waals surface area contributed by atoms with Gasteiger partial charge in [-0.1, -0.05) is 44.2 Å². The van der Waals surface area contributed by atoms with Gasteiger partial charge in [0.25, 0.3) is 0 Å². The van der Waals surface area contributed by atoms with Crippen LogP contribution in [0.25, 0.3) is 0 Å². The van der Waals surface area contributed by atoms with Crippen molar-refractivity contribution in [3.8, 4) is 0 Å². The van der Waals surface area contributed by atoms with Gasteiger partial charge in [-0.3, -0.25) is 0 Å². The third-order valence-corrected chi connectivity index (χ3v) is 7.21. The molecule has 2 heteroatoms. The van der Waals surface area contributed by atoms with Crippen molar-refractivity contribution in [1.82, 2.24) is 0 Å². The molecule has 0 aliphatic heterocycles. The van der Waals surface area contributed by atoms with Gasteiger partial charge in [0.2, 0.25) is 0 Å². The molecule has 7 atom stereocenters. The van der Waals surface area contributed by atoms with Crippen LogP contribution in [-0.4, -0.2) is 17.3 Å². The predicted octanol–water partition coefficient (Wildman–Crippen LogP) is 3.19. The summed E-state index contributed by atoms with van der Waals surface area (Å²) in [6, 6.07) is 0.0661. The number of nitrogens with two attached hydrogens (primary N) is 1. The van der Waals surface area contributed by atoms with Gasteiger partial charge in [-0.15, -0.1) is 0 Å². The minimum Gasteiger partial charge on any atom is -0.393 e. The Kier molecular flexibility index (Phi) is 2.84. The molecule has 0 unspecified atom stereocenters. The fraction of sp³-hybridized carbons (Fsp3) is 0.684. The van der Waals surface area contributed by atoms with Crippen molar-refractivity contribution in [2.45, 2.75) is 51.7 Å². The molecule has 4 rings (SSSR count). The van der Waals surface area contributed by atoms with Gasteiger partial charge in [0.15, 0.2) is 0 Å². The molecule has 0 spiro atoms. The summed E-state index contributed by atoms with van der Waals surface area (Å²) in [7, 11) is 0. The van der Waals surface area contributed by atoms with Gasteiger partial charge in [-0.2, -0.15) is 0 Å². The molecule has 0 radical (unpaired) electrons. The van der Waals surface area contributed by atoms with E-state index in [4.69, 9.17) is 5.73 Å². The molecule has 3 N–H and O–H groups in total. The highest BCUT2D eigenvalue weighted by molar-refractivity contribution is 5.42. The molecule has 4 aliphatic rings. The number of fused-ring (bicyclic) bond motifs is 5. The summed E-state index contributed by atoms with van der Waals surface area (Å²) in [5, 5.41) is 10.4. The van der Waals surface area contributed by atoms with Crippen molar-refractivity contribution in [3.63, 3.8) is 0 Å². The Morgan fingerprint density at radius 1 is 1.14 bits per heavy atom. The zero-order valence-electron chi connectivity index (χ0n) is 13.1. The minimum atomic E-state index is -0.100. The van der Waals surface area contributed by atoms with Crippen LogP contribution in [0.15, 0.2) is 36.0 Å². The zero-order chi connectivity index (χ0) is 14.8. The third-order valence-electron chi connectivity index (χ3n) is 7.21. The molecule has 0 aromatic carbocycles. The lowest BCUT2D eigenvalue weighted by Crippen LogP contribution is -2.49. The van der Waals surface area contributed by atoms with E-state index in [2.05, 4.69) is 44.2 Å². The number of aliphatic hydroxyl groups is 1. The summed E-state index contributed by atoms with van der Waals surface area (Å²) in [4.78, 5) is 0.